The standard InChI is InChI=1S/C20H21N5O2/c1-13-4-6-15(7-5-13)17-11-27-24-19(22-17)16-8-9-18(20(23-16)26-3)25-10-14(2)21-12-25/h4-10,12,17H,11H2,1-3H3,(H,22,24). The van der Waals surface area contributed by atoms with Crippen molar-refractivity contribution in [2.45, 2.75) is 19.9 Å². The van der Waals surface area contributed by atoms with Crippen LogP contribution in [0.2, 0.25) is 0 Å². The summed E-state index contributed by atoms with van der Waals surface area (Å²) in [6.45, 7) is 4.47. The summed E-state index contributed by atoms with van der Waals surface area (Å²) >= 11 is 0. The van der Waals surface area contributed by atoms with Crippen LogP contribution in [0.5, 0.6) is 5.88 Å². The van der Waals surface area contributed by atoms with Crippen LogP contribution in [0.1, 0.15) is 28.6 Å². The largest absolute Gasteiger partial charge is 0.479 e. The van der Waals surface area contributed by atoms with Gasteiger partial charge in [0.2, 0.25) is 5.88 Å². The second-order valence-corrected chi connectivity index (χ2v) is 6.46. The van der Waals surface area contributed by atoms with E-state index in [2.05, 4.69) is 46.6 Å². The summed E-state index contributed by atoms with van der Waals surface area (Å²) in [5, 5.41) is 0. The second-order valence-electron chi connectivity index (χ2n) is 6.46. The molecule has 0 saturated heterocycles. The van der Waals surface area contributed by atoms with Crippen molar-refractivity contribution in [3.05, 3.63) is 71.4 Å². The maximum absolute atomic E-state index is 5.55. The first-order valence-electron chi connectivity index (χ1n) is 8.72. The molecule has 1 unspecified atom stereocenters. The first-order valence-corrected chi connectivity index (χ1v) is 8.72. The van der Waals surface area contributed by atoms with Gasteiger partial charge in [-0.15, -0.1) is 0 Å². The van der Waals surface area contributed by atoms with E-state index in [4.69, 9.17) is 14.6 Å². The van der Waals surface area contributed by atoms with Crippen LogP contribution in [0.3, 0.4) is 0 Å². The van der Waals surface area contributed by atoms with Gasteiger partial charge in [-0.1, -0.05) is 29.8 Å². The molecule has 7 nitrogen and oxygen atoms in total. The van der Waals surface area contributed by atoms with Gasteiger partial charge in [0, 0.05) is 6.20 Å². The van der Waals surface area contributed by atoms with Crippen LogP contribution in [0.25, 0.3) is 5.69 Å². The molecule has 2 aromatic heterocycles. The number of ether oxygens (including phenoxy) is 1. The summed E-state index contributed by atoms with van der Waals surface area (Å²) in [4.78, 5) is 19.2. The van der Waals surface area contributed by atoms with Crippen molar-refractivity contribution < 1.29 is 9.57 Å². The molecule has 27 heavy (non-hydrogen) atoms. The number of rotatable bonds is 4. The number of pyridine rings is 1. The van der Waals surface area contributed by atoms with Crippen molar-refractivity contribution in [2.24, 2.45) is 4.99 Å². The third-order valence-corrected chi connectivity index (χ3v) is 4.42. The van der Waals surface area contributed by atoms with E-state index in [0.717, 1.165) is 16.9 Å². The van der Waals surface area contributed by atoms with E-state index in [1.54, 1.807) is 13.4 Å². The Balaban J connectivity index is 1.66. The fourth-order valence-corrected chi connectivity index (χ4v) is 2.95. The van der Waals surface area contributed by atoms with Crippen LogP contribution in [0.4, 0.5) is 0 Å². The van der Waals surface area contributed by atoms with E-state index >= 15 is 0 Å². The zero-order chi connectivity index (χ0) is 18.8. The minimum Gasteiger partial charge on any atom is -0.479 e. The molecular weight excluding hydrogens is 342 g/mol. The van der Waals surface area contributed by atoms with Gasteiger partial charge in [-0.3, -0.25) is 9.83 Å². The number of hydrogen-bond donors (Lipinski definition) is 1. The second kappa shape index (κ2) is 7.20. The minimum atomic E-state index is -0.0781. The normalized spacial score (nSPS) is 16.6. The van der Waals surface area contributed by atoms with Gasteiger partial charge in [0.05, 0.1) is 19.1 Å². The Hall–Kier alpha value is -3.19. The topological polar surface area (TPSA) is 73.6 Å². The number of methoxy groups -OCH3 is 1. The quantitative estimate of drug-likeness (QED) is 0.771. The van der Waals surface area contributed by atoms with Gasteiger partial charge in [-0.2, -0.15) is 0 Å². The molecule has 0 spiro atoms. The summed E-state index contributed by atoms with van der Waals surface area (Å²) in [5.41, 5.74) is 7.60. The van der Waals surface area contributed by atoms with Gasteiger partial charge in [0.1, 0.15) is 24.0 Å². The molecule has 1 aromatic carbocycles. The third kappa shape index (κ3) is 3.54. The molecule has 1 aliphatic rings. The average Bonchev–Trinajstić information content (AvgIpc) is 3.14. The number of hydrogen-bond acceptors (Lipinski definition) is 6. The summed E-state index contributed by atoms with van der Waals surface area (Å²) in [6.07, 6.45) is 3.66. The SMILES string of the molecule is COc1nc(C2=NC(c3ccc(C)cc3)CON2)ccc1-n1cnc(C)c1. The molecule has 3 aromatic rings. The van der Waals surface area contributed by atoms with Crippen molar-refractivity contribution in [1.29, 1.82) is 0 Å². The Kier molecular flexibility index (Phi) is 4.60. The molecule has 3 heterocycles. The molecule has 0 radical (unpaired) electrons. The molecule has 0 bridgehead atoms. The van der Waals surface area contributed by atoms with Crippen molar-refractivity contribution in [3.63, 3.8) is 0 Å². The van der Waals surface area contributed by atoms with Gasteiger partial charge in [-0.05, 0) is 31.5 Å². The first-order chi connectivity index (χ1) is 13.1. The van der Waals surface area contributed by atoms with Crippen molar-refractivity contribution in [3.8, 4) is 11.6 Å². The molecule has 1 aliphatic heterocycles. The van der Waals surface area contributed by atoms with E-state index in [1.165, 1.54) is 5.56 Å². The minimum absolute atomic E-state index is 0.0781. The van der Waals surface area contributed by atoms with E-state index < -0.39 is 0 Å². The highest BCUT2D eigenvalue weighted by Crippen LogP contribution is 2.24. The molecule has 7 heteroatoms. The summed E-state index contributed by atoms with van der Waals surface area (Å²) < 4.78 is 7.36. The lowest BCUT2D eigenvalue weighted by molar-refractivity contribution is 0.0620. The Morgan fingerprint density at radius 2 is 1.96 bits per heavy atom. The number of nitrogens with zero attached hydrogens (tertiary/aromatic N) is 4. The van der Waals surface area contributed by atoms with Crippen molar-refractivity contribution in [2.75, 3.05) is 13.7 Å². The van der Waals surface area contributed by atoms with Crippen LogP contribution in [-0.2, 0) is 4.84 Å². The van der Waals surface area contributed by atoms with E-state index in [1.807, 2.05) is 29.8 Å². The highest BCUT2D eigenvalue weighted by atomic mass is 16.6. The predicted octanol–water partition coefficient (Wildman–Crippen LogP) is 2.92. The van der Waals surface area contributed by atoms with Crippen molar-refractivity contribution >= 4 is 5.84 Å². The fraction of sp³-hybridized carbons (Fsp3) is 0.250. The maximum atomic E-state index is 5.55. The number of imidazole rings is 1. The van der Waals surface area contributed by atoms with Crippen LogP contribution in [0.15, 0.2) is 53.9 Å². The average molecular weight is 363 g/mol. The zero-order valence-electron chi connectivity index (χ0n) is 15.5. The summed E-state index contributed by atoms with van der Waals surface area (Å²) in [6, 6.07) is 12.1. The van der Waals surface area contributed by atoms with Gasteiger partial charge in [0.15, 0.2) is 5.84 Å². The van der Waals surface area contributed by atoms with Gasteiger partial charge in [0.25, 0.3) is 0 Å². The predicted molar refractivity (Wildman–Crippen MR) is 102 cm³/mol. The molecule has 138 valence electrons. The van der Waals surface area contributed by atoms with Gasteiger partial charge in [-0.25, -0.2) is 15.4 Å². The number of benzene rings is 1. The number of aryl methyl sites for hydroxylation is 2. The smallest absolute Gasteiger partial charge is 0.238 e. The molecule has 0 fully saturated rings. The Morgan fingerprint density at radius 1 is 1.15 bits per heavy atom. The fourth-order valence-electron chi connectivity index (χ4n) is 2.95. The Morgan fingerprint density at radius 3 is 2.67 bits per heavy atom. The highest BCUT2D eigenvalue weighted by Gasteiger charge is 2.20. The Bertz CT molecular complexity index is 978. The lowest BCUT2D eigenvalue weighted by atomic mass is 10.1. The lowest BCUT2D eigenvalue weighted by Crippen LogP contribution is -2.33. The highest BCUT2D eigenvalue weighted by molar-refractivity contribution is 5.97. The number of amidine groups is 1. The van der Waals surface area contributed by atoms with E-state index in [0.29, 0.717) is 24.0 Å². The van der Waals surface area contributed by atoms with Gasteiger partial charge < -0.3 is 9.30 Å². The number of aliphatic imine (C=N–C) groups is 1. The monoisotopic (exact) mass is 363 g/mol. The molecular formula is C20H21N5O2. The zero-order valence-corrected chi connectivity index (χ0v) is 15.5. The van der Waals surface area contributed by atoms with E-state index in [-0.39, 0.29) is 6.04 Å². The van der Waals surface area contributed by atoms with Crippen LogP contribution in [-0.4, -0.2) is 34.1 Å². The summed E-state index contributed by atoms with van der Waals surface area (Å²) in [5.74, 6) is 1.07. The maximum Gasteiger partial charge on any atom is 0.238 e. The number of hydroxylamine groups is 1. The molecule has 0 saturated carbocycles. The molecule has 1 atom stereocenters. The number of nitrogens with one attached hydrogen (secondary N) is 1. The number of aromatic nitrogens is 3. The first kappa shape index (κ1) is 17.2. The summed E-state index contributed by atoms with van der Waals surface area (Å²) in [7, 11) is 1.60. The molecule has 1 N–H and O–H groups in total. The van der Waals surface area contributed by atoms with Crippen LogP contribution >= 0.6 is 0 Å². The van der Waals surface area contributed by atoms with Gasteiger partial charge >= 0.3 is 0 Å². The van der Waals surface area contributed by atoms with Crippen molar-refractivity contribution in [1.82, 2.24) is 20.0 Å². The van der Waals surface area contributed by atoms with E-state index in [9.17, 15) is 0 Å². The molecule has 0 aliphatic carbocycles. The Labute approximate surface area is 157 Å². The lowest BCUT2D eigenvalue weighted by Gasteiger charge is -2.22. The third-order valence-electron chi connectivity index (χ3n) is 4.42. The molecule has 4 rings (SSSR count). The molecule has 0 amide bonds. The van der Waals surface area contributed by atoms with Crippen LogP contribution in [0, 0.1) is 13.8 Å². The van der Waals surface area contributed by atoms with Crippen LogP contribution < -0.4 is 10.2 Å².